The molecule has 0 bridgehead atoms. The second-order valence-electron chi connectivity index (χ2n) is 9.11. The molecule has 2 aromatic rings. The first-order valence-electron chi connectivity index (χ1n) is 11.1. The van der Waals surface area contributed by atoms with Gasteiger partial charge in [0, 0.05) is 51.7 Å². The van der Waals surface area contributed by atoms with Gasteiger partial charge in [-0.1, -0.05) is 6.07 Å². The molecule has 1 aliphatic heterocycles. The molecule has 0 atom stereocenters. The average Bonchev–Trinajstić information content (AvgIpc) is 2.75. The van der Waals surface area contributed by atoms with E-state index in [9.17, 15) is 4.79 Å². The Morgan fingerprint density at radius 2 is 2.06 bits per heavy atom. The standard InChI is InChI=1S/C23H34N6O3/c1-23(2,3)31-22(30)32-29-12-8-19(9-13-29)16-28(4)21-14-20(26-17-27-21)25-11-7-18-6-5-10-24-15-18/h5-6,10,14-15,17,19H,7-9,11-13,16H2,1-4H3,(H,25,26,27). The molecule has 0 unspecified atom stereocenters. The van der Waals surface area contributed by atoms with Gasteiger partial charge in [-0.3, -0.25) is 4.98 Å². The van der Waals surface area contributed by atoms with Crippen LogP contribution in [-0.2, 0) is 16.0 Å². The SMILES string of the molecule is CN(CC1CCN(OC(=O)OC(C)(C)C)CC1)c1cc(NCCc2cccnc2)ncn1. The Kier molecular flexibility index (Phi) is 8.21. The summed E-state index contributed by atoms with van der Waals surface area (Å²) >= 11 is 0. The number of carbonyl (C=O) groups is 1. The molecule has 2 aromatic heterocycles. The van der Waals surface area contributed by atoms with Crippen LogP contribution in [0.15, 0.2) is 36.9 Å². The summed E-state index contributed by atoms with van der Waals surface area (Å²) in [6.45, 7) is 8.53. The summed E-state index contributed by atoms with van der Waals surface area (Å²) < 4.78 is 5.22. The molecule has 9 heteroatoms. The first-order valence-corrected chi connectivity index (χ1v) is 11.1. The normalized spacial score (nSPS) is 15.2. The zero-order valence-corrected chi connectivity index (χ0v) is 19.5. The smallest absolute Gasteiger partial charge is 0.427 e. The van der Waals surface area contributed by atoms with E-state index in [1.165, 1.54) is 5.56 Å². The van der Waals surface area contributed by atoms with Gasteiger partial charge in [0.05, 0.1) is 0 Å². The molecular weight excluding hydrogens is 408 g/mol. The van der Waals surface area contributed by atoms with Gasteiger partial charge in [0.1, 0.15) is 23.6 Å². The van der Waals surface area contributed by atoms with Crippen molar-refractivity contribution in [2.24, 2.45) is 5.92 Å². The Bertz CT molecular complexity index is 850. The number of nitrogens with one attached hydrogen (secondary N) is 1. The van der Waals surface area contributed by atoms with Crippen LogP contribution in [0.25, 0.3) is 0 Å². The number of piperidine rings is 1. The van der Waals surface area contributed by atoms with Crippen molar-refractivity contribution in [3.8, 4) is 0 Å². The Morgan fingerprint density at radius 1 is 1.28 bits per heavy atom. The second-order valence-corrected chi connectivity index (χ2v) is 9.11. The highest BCUT2D eigenvalue weighted by Crippen LogP contribution is 2.22. The van der Waals surface area contributed by atoms with Crippen molar-refractivity contribution in [1.82, 2.24) is 20.0 Å². The number of aromatic nitrogens is 3. The molecule has 1 saturated heterocycles. The van der Waals surface area contributed by atoms with E-state index in [4.69, 9.17) is 9.57 Å². The number of ether oxygens (including phenoxy) is 1. The monoisotopic (exact) mass is 442 g/mol. The zero-order valence-electron chi connectivity index (χ0n) is 19.5. The van der Waals surface area contributed by atoms with Crippen LogP contribution in [0.4, 0.5) is 16.4 Å². The highest BCUT2D eigenvalue weighted by atomic mass is 16.8. The van der Waals surface area contributed by atoms with Gasteiger partial charge >= 0.3 is 6.16 Å². The van der Waals surface area contributed by atoms with Crippen molar-refractivity contribution in [3.63, 3.8) is 0 Å². The molecule has 0 saturated carbocycles. The predicted octanol–water partition coefficient (Wildman–Crippen LogP) is 3.54. The first-order chi connectivity index (χ1) is 15.3. The van der Waals surface area contributed by atoms with Crippen LogP contribution >= 0.6 is 0 Å². The number of hydrogen-bond acceptors (Lipinski definition) is 9. The van der Waals surface area contributed by atoms with E-state index < -0.39 is 11.8 Å². The molecule has 0 radical (unpaired) electrons. The zero-order chi connectivity index (χ0) is 23.0. The van der Waals surface area contributed by atoms with Crippen LogP contribution < -0.4 is 10.2 Å². The molecule has 3 heterocycles. The van der Waals surface area contributed by atoms with E-state index in [0.717, 1.165) is 44.0 Å². The van der Waals surface area contributed by atoms with Crippen molar-refractivity contribution in [3.05, 3.63) is 42.5 Å². The Hall–Kier alpha value is -2.94. The highest BCUT2D eigenvalue weighted by Gasteiger charge is 2.25. The van der Waals surface area contributed by atoms with Gasteiger partial charge in [0.25, 0.3) is 0 Å². The third-order valence-corrected chi connectivity index (χ3v) is 5.19. The number of pyridine rings is 1. The molecule has 1 fully saturated rings. The molecule has 0 aromatic carbocycles. The van der Waals surface area contributed by atoms with E-state index in [1.807, 2.05) is 46.1 Å². The maximum absolute atomic E-state index is 11.8. The molecule has 3 rings (SSSR count). The maximum atomic E-state index is 11.8. The van der Waals surface area contributed by atoms with Crippen LogP contribution in [0.2, 0.25) is 0 Å². The van der Waals surface area contributed by atoms with Crippen LogP contribution in [0.3, 0.4) is 0 Å². The molecule has 0 amide bonds. The topological polar surface area (TPSA) is 92.7 Å². The minimum Gasteiger partial charge on any atom is -0.427 e. The maximum Gasteiger partial charge on any atom is 0.528 e. The van der Waals surface area contributed by atoms with Gasteiger partial charge in [-0.05, 0) is 57.6 Å². The van der Waals surface area contributed by atoms with Crippen molar-refractivity contribution >= 4 is 17.8 Å². The predicted molar refractivity (Wildman–Crippen MR) is 123 cm³/mol. The third-order valence-electron chi connectivity index (χ3n) is 5.19. The average molecular weight is 443 g/mol. The number of carbonyl (C=O) groups excluding carboxylic acids is 1. The van der Waals surface area contributed by atoms with Gasteiger partial charge in [-0.25, -0.2) is 14.8 Å². The molecule has 32 heavy (non-hydrogen) atoms. The number of hydroxylamine groups is 2. The molecule has 1 N–H and O–H groups in total. The third kappa shape index (κ3) is 7.96. The van der Waals surface area contributed by atoms with Gasteiger partial charge in [0.2, 0.25) is 0 Å². The summed E-state index contributed by atoms with van der Waals surface area (Å²) in [5.41, 5.74) is 0.635. The van der Waals surface area contributed by atoms with Crippen molar-refractivity contribution in [2.75, 3.05) is 43.4 Å². The van der Waals surface area contributed by atoms with E-state index in [0.29, 0.717) is 19.0 Å². The summed E-state index contributed by atoms with van der Waals surface area (Å²) in [6.07, 6.45) is 7.37. The summed E-state index contributed by atoms with van der Waals surface area (Å²) in [5.74, 6) is 2.19. The number of nitrogens with zero attached hydrogens (tertiary/aromatic N) is 5. The van der Waals surface area contributed by atoms with Crippen molar-refractivity contribution < 1.29 is 14.4 Å². The molecule has 0 aliphatic carbocycles. The van der Waals surface area contributed by atoms with E-state index >= 15 is 0 Å². The van der Waals surface area contributed by atoms with Crippen molar-refractivity contribution in [1.29, 1.82) is 0 Å². The van der Waals surface area contributed by atoms with Crippen LogP contribution in [0, 0.1) is 5.92 Å². The van der Waals surface area contributed by atoms with Gasteiger partial charge in [0.15, 0.2) is 0 Å². The lowest BCUT2D eigenvalue weighted by Crippen LogP contribution is -2.40. The van der Waals surface area contributed by atoms with E-state index in [2.05, 4.69) is 31.2 Å². The lowest BCUT2D eigenvalue weighted by atomic mass is 9.97. The van der Waals surface area contributed by atoms with E-state index in [-0.39, 0.29) is 0 Å². The Labute approximate surface area is 190 Å². The molecular formula is C23H34N6O3. The quantitative estimate of drug-likeness (QED) is 0.616. The van der Waals surface area contributed by atoms with Gasteiger partial charge in [-0.15, -0.1) is 5.06 Å². The Morgan fingerprint density at radius 3 is 2.75 bits per heavy atom. The molecule has 9 nitrogen and oxygen atoms in total. The summed E-state index contributed by atoms with van der Waals surface area (Å²) in [5, 5.41) is 5.05. The second kappa shape index (κ2) is 11.1. The largest absolute Gasteiger partial charge is 0.528 e. The molecule has 174 valence electrons. The Balaban J connectivity index is 1.41. The molecule has 1 aliphatic rings. The summed E-state index contributed by atoms with van der Waals surface area (Å²) in [6, 6.07) is 5.99. The lowest BCUT2D eigenvalue weighted by molar-refractivity contribution is -0.154. The highest BCUT2D eigenvalue weighted by molar-refractivity contribution is 5.60. The van der Waals surface area contributed by atoms with Gasteiger partial charge in [-0.2, -0.15) is 0 Å². The number of anilines is 2. The fourth-order valence-electron chi connectivity index (χ4n) is 3.57. The summed E-state index contributed by atoms with van der Waals surface area (Å²) in [7, 11) is 2.05. The summed E-state index contributed by atoms with van der Waals surface area (Å²) in [4.78, 5) is 32.2. The number of hydrogen-bond donors (Lipinski definition) is 1. The minimum atomic E-state index is -0.641. The van der Waals surface area contributed by atoms with Gasteiger partial charge < -0.3 is 19.8 Å². The minimum absolute atomic E-state index is 0.496. The fraction of sp³-hybridized carbons (Fsp3) is 0.565. The van der Waals surface area contributed by atoms with Crippen LogP contribution in [0.1, 0.15) is 39.2 Å². The first kappa shape index (κ1) is 23.7. The van der Waals surface area contributed by atoms with Crippen LogP contribution in [-0.4, -0.2) is 65.0 Å². The van der Waals surface area contributed by atoms with Crippen molar-refractivity contribution in [2.45, 2.75) is 45.6 Å². The van der Waals surface area contributed by atoms with E-state index in [1.54, 1.807) is 17.6 Å². The molecule has 0 spiro atoms. The van der Waals surface area contributed by atoms with Crippen LogP contribution in [0.5, 0.6) is 0 Å². The lowest BCUT2D eigenvalue weighted by Gasteiger charge is -2.33. The fourth-order valence-corrected chi connectivity index (χ4v) is 3.57. The number of rotatable bonds is 8.